The highest BCUT2D eigenvalue weighted by atomic mass is 19.4. The lowest BCUT2D eigenvalue weighted by Gasteiger charge is -2.34. The van der Waals surface area contributed by atoms with E-state index >= 15 is 0 Å². The number of amides is 1. The Morgan fingerprint density at radius 3 is 2.61 bits per heavy atom. The number of rotatable bonds is 2. The number of nitrogens with zero attached hydrogens (tertiary/aromatic N) is 3. The van der Waals surface area contributed by atoms with Crippen LogP contribution in [0.2, 0.25) is 0 Å². The normalized spacial score (nSPS) is 21.4. The first-order chi connectivity index (χ1) is 13.3. The van der Waals surface area contributed by atoms with Crippen molar-refractivity contribution in [3.05, 3.63) is 35.2 Å². The monoisotopic (exact) mass is 393 g/mol. The molecule has 3 heterocycles. The van der Waals surface area contributed by atoms with E-state index in [1.807, 2.05) is 11.0 Å². The second-order valence-electron chi connectivity index (χ2n) is 7.64. The lowest BCUT2D eigenvalue weighted by molar-refractivity contribution is -0.137. The van der Waals surface area contributed by atoms with Gasteiger partial charge in [-0.05, 0) is 45.1 Å². The van der Waals surface area contributed by atoms with Crippen LogP contribution in [-0.2, 0) is 11.0 Å². The Morgan fingerprint density at radius 1 is 1.21 bits per heavy atom. The van der Waals surface area contributed by atoms with Gasteiger partial charge in [-0.25, -0.2) is 4.98 Å². The van der Waals surface area contributed by atoms with Gasteiger partial charge in [-0.15, -0.1) is 0 Å². The van der Waals surface area contributed by atoms with Crippen LogP contribution in [0.25, 0.3) is 11.1 Å². The summed E-state index contributed by atoms with van der Waals surface area (Å²) in [6.45, 7) is 2.55. The Balaban J connectivity index is 1.54. The molecule has 0 spiro atoms. The molecule has 1 atom stereocenters. The van der Waals surface area contributed by atoms with E-state index in [2.05, 4.69) is 16.2 Å². The van der Waals surface area contributed by atoms with Crippen molar-refractivity contribution in [3.63, 3.8) is 0 Å². The van der Waals surface area contributed by atoms with Gasteiger partial charge >= 0.3 is 6.18 Å². The molecule has 150 valence electrons. The number of carbonyl (C=O) groups excluding carboxylic acids is 1. The highest BCUT2D eigenvalue weighted by molar-refractivity contribution is 5.82. The van der Waals surface area contributed by atoms with E-state index in [0.717, 1.165) is 25.3 Å². The minimum atomic E-state index is -4.50. The zero-order valence-corrected chi connectivity index (χ0v) is 15.6. The third kappa shape index (κ3) is 3.52. The van der Waals surface area contributed by atoms with Crippen LogP contribution in [0.5, 0.6) is 0 Å². The highest BCUT2D eigenvalue weighted by Gasteiger charge is 2.38. The number of carbonyl (C=O) groups is 1. The standard InChI is InChI=1S/C20H22F3N3O2/c1-12-11-15(20(21,22)23)16-17(25-28-18(16)24-12)13-7-9-26(10-8-13)19(27)14-5-3-2-4-6-14/h2-3,11,13-14H,4-10H2,1H3. The summed E-state index contributed by atoms with van der Waals surface area (Å²) in [4.78, 5) is 18.6. The number of aryl methyl sites for hydroxylation is 1. The van der Waals surface area contributed by atoms with Gasteiger partial charge in [-0.1, -0.05) is 17.3 Å². The van der Waals surface area contributed by atoms with Gasteiger partial charge in [0.25, 0.3) is 5.71 Å². The summed E-state index contributed by atoms with van der Waals surface area (Å²) < 4.78 is 45.8. The number of piperidine rings is 1. The fraction of sp³-hybridized carbons (Fsp3) is 0.550. The number of halogens is 3. The van der Waals surface area contributed by atoms with Gasteiger partial charge in [0.15, 0.2) is 0 Å². The Labute approximate surface area is 160 Å². The molecule has 2 aromatic heterocycles. The van der Waals surface area contributed by atoms with Crippen molar-refractivity contribution in [3.8, 4) is 0 Å². The van der Waals surface area contributed by atoms with E-state index < -0.39 is 11.7 Å². The van der Waals surface area contributed by atoms with Gasteiger partial charge in [0.2, 0.25) is 5.91 Å². The summed E-state index contributed by atoms with van der Waals surface area (Å²) in [5.41, 5.74) is -0.277. The third-order valence-corrected chi connectivity index (χ3v) is 5.72. The molecule has 0 aromatic carbocycles. The van der Waals surface area contributed by atoms with Gasteiger partial charge in [0, 0.05) is 30.6 Å². The summed E-state index contributed by atoms with van der Waals surface area (Å²) in [7, 11) is 0. The van der Waals surface area contributed by atoms with Gasteiger partial charge in [0.05, 0.1) is 16.6 Å². The fourth-order valence-electron chi connectivity index (χ4n) is 4.25. The van der Waals surface area contributed by atoms with Crippen LogP contribution >= 0.6 is 0 Å². The molecule has 0 bridgehead atoms. The number of pyridine rings is 1. The fourth-order valence-corrected chi connectivity index (χ4v) is 4.25. The Kier molecular flexibility index (Phi) is 4.89. The Bertz CT molecular complexity index is 911. The number of hydrogen-bond acceptors (Lipinski definition) is 4. The second kappa shape index (κ2) is 7.22. The number of aromatic nitrogens is 2. The molecule has 2 aromatic rings. The number of likely N-dealkylation sites (tertiary alicyclic amines) is 1. The molecular weight excluding hydrogens is 371 g/mol. The van der Waals surface area contributed by atoms with Crippen molar-refractivity contribution in [2.75, 3.05) is 13.1 Å². The zero-order valence-electron chi connectivity index (χ0n) is 15.6. The van der Waals surface area contributed by atoms with Crippen molar-refractivity contribution in [2.24, 2.45) is 5.92 Å². The molecule has 1 unspecified atom stereocenters. The maximum absolute atomic E-state index is 13.5. The van der Waals surface area contributed by atoms with Crippen molar-refractivity contribution >= 4 is 17.0 Å². The third-order valence-electron chi connectivity index (χ3n) is 5.72. The van der Waals surface area contributed by atoms with E-state index in [0.29, 0.717) is 31.6 Å². The minimum absolute atomic E-state index is 0.0263. The zero-order chi connectivity index (χ0) is 19.9. The molecule has 1 fully saturated rings. The van der Waals surface area contributed by atoms with Crippen molar-refractivity contribution in [1.29, 1.82) is 0 Å². The van der Waals surface area contributed by atoms with E-state index in [1.165, 1.54) is 6.92 Å². The van der Waals surface area contributed by atoms with E-state index in [4.69, 9.17) is 4.52 Å². The van der Waals surface area contributed by atoms with Gasteiger partial charge in [-0.2, -0.15) is 13.2 Å². The molecule has 0 saturated carbocycles. The van der Waals surface area contributed by atoms with Crippen LogP contribution in [0.15, 0.2) is 22.7 Å². The molecule has 1 saturated heterocycles. The second-order valence-corrected chi connectivity index (χ2v) is 7.64. The van der Waals surface area contributed by atoms with E-state index in [-0.39, 0.29) is 34.5 Å². The topological polar surface area (TPSA) is 59.2 Å². The maximum atomic E-state index is 13.5. The molecule has 1 amide bonds. The lowest BCUT2D eigenvalue weighted by atomic mass is 9.88. The molecule has 5 nitrogen and oxygen atoms in total. The molecule has 2 aliphatic rings. The lowest BCUT2D eigenvalue weighted by Crippen LogP contribution is -2.41. The largest absolute Gasteiger partial charge is 0.417 e. The molecular formula is C20H22F3N3O2. The molecule has 0 radical (unpaired) electrons. The summed E-state index contributed by atoms with van der Waals surface area (Å²) in [5, 5.41) is 3.90. The highest BCUT2D eigenvalue weighted by Crippen LogP contribution is 2.40. The SMILES string of the molecule is Cc1cc(C(F)(F)F)c2c(C3CCN(C(=O)C4CC=CCC4)CC3)noc2n1. The van der Waals surface area contributed by atoms with Crippen LogP contribution in [0.4, 0.5) is 13.2 Å². The van der Waals surface area contributed by atoms with Crippen LogP contribution in [0, 0.1) is 12.8 Å². The van der Waals surface area contributed by atoms with Crippen molar-refractivity contribution in [1.82, 2.24) is 15.0 Å². The minimum Gasteiger partial charge on any atom is -0.342 e. The van der Waals surface area contributed by atoms with Crippen LogP contribution in [0.3, 0.4) is 0 Å². The predicted octanol–water partition coefficient (Wildman–Crippen LogP) is 4.61. The first kappa shape index (κ1) is 19.0. The molecule has 0 N–H and O–H groups in total. The maximum Gasteiger partial charge on any atom is 0.417 e. The average molecular weight is 393 g/mol. The Morgan fingerprint density at radius 2 is 1.96 bits per heavy atom. The van der Waals surface area contributed by atoms with E-state index in [1.54, 1.807) is 0 Å². The summed E-state index contributed by atoms with van der Waals surface area (Å²) >= 11 is 0. The number of fused-ring (bicyclic) bond motifs is 1. The quantitative estimate of drug-likeness (QED) is 0.699. The first-order valence-electron chi connectivity index (χ1n) is 9.62. The van der Waals surface area contributed by atoms with Crippen molar-refractivity contribution in [2.45, 2.75) is 51.1 Å². The molecule has 8 heteroatoms. The van der Waals surface area contributed by atoms with Crippen LogP contribution < -0.4 is 0 Å². The van der Waals surface area contributed by atoms with E-state index in [9.17, 15) is 18.0 Å². The van der Waals surface area contributed by atoms with Crippen molar-refractivity contribution < 1.29 is 22.5 Å². The molecule has 1 aliphatic heterocycles. The number of allylic oxidation sites excluding steroid dienone is 2. The average Bonchev–Trinajstić information content (AvgIpc) is 3.10. The number of hydrogen-bond donors (Lipinski definition) is 0. The van der Waals surface area contributed by atoms with Gasteiger partial charge in [-0.3, -0.25) is 4.79 Å². The summed E-state index contributed by atoms with van der Waals surface area (Å²) in [6.07, 6.45) is 3.34. The van der Waals surface area contributed by atoms with Gasteiger partial charge < -0.3 is 9.42 Å². The molecule has 28 heavy (non-hydrogen) atoms. The summed E-state index contributed by atoms with van der Waals surface area (Å²) in [6, 6.07) is 1.04. The molecule has 1 aliphatic carbocycles. The summed E-state index contributed by atoms with van der Waals surface area (Å²) in [5.74, 6) is 0.00155. The van der Waals surface area contributed by atoms with Crippen LogP contribution in [0.1, 0.15) is 55.0 Å². The number of alkyl halides is 3. The first-order valence-corrected chi connectivity index (χ1v) is 9.62. The van der Waals surface area contributed by atoms with Gasteiger partial charge in [0.1, 0.15) is 0 Å². The Hall–Kier alpha value is -2.38. The van der Waals surface area contributed by atoms with Crippen LogP contribution in [-0.4, -0.2) is 34.0 Å². The molecule has 4 rings (SSSR count). The smallest absolute Gasteiger partial charge is 0.342 e. The predicted molar refractivity (Wildman–Crippen MR) is 96.6 cm³/mol.